The Morgan fingerprint density at radius 3 is 2.33 bits per heavy atom. The van der Waals surface area contributed by atoms with Gasteiger partial charge in [-0.3, -0.25) is 9.59 Å². The summed E-state index contributed by atoms with van der Waals surface area (Å²) in [4.78, 5) is 26.7. The minimum absolute atomic E-state index is 0.0818. The van der Waals surface area contributed by atoms with Crippen LogP contribution >= 0.6 is 15.9 Å². The summed E-state index contributed by atoms with van der Waals surface area (Å²) in [5.41, 5.74) is 0. The van der Waals surface area contributed by atoms with Gasteiger partial charge in [-0.05, 0) is 49.9 Å². The number of benzene rings is 1. The lowest BCUT2D eigenvalue weighted by atomic mass is 10.0. The number of sulfonamides is 1. The van der Waals surface area contributed by atoms with Crippen molar-refractivity contribution in [1.82, 2.24) is 14.5 Å². The lowest BCUT2D eigenvalue weighted by molar-refractivity contribution is -0.133. The first kappa shape index (κ1) is 20.3. The van der Waals surface area contributed by atoms with Crippen LogP contribution in [0.2, 0.25) is 0 Å². The number of hydrogen-bond acceptors (Lipinski definition) is 4. The fourth-order valence-corrected chi connectivity index (χ4v) is 5.48. The number of nitrogens with zero attached hydrogens (tertiary/aromatic N) is 2. The average molecular weight is 458 g/mol. The monoisotopic (exact) mass is 457 g/mol. The molecule has 0 aliphatic carbocycles. The lowest BCUT2D eigenvalue weighted by Gasteiger charge is -2.33. The van der Waals surface area contributed by atoms with Crippen LogP contribution in [0.4, 0.5) is 0 Å². The van der Waals surface area contributed by atoms with E-state index in [1.54, 1.807) is 17.0 Å². The topological polar surface area (TPSA) is 86.8 Å². The molecule has 2 fully saturated rings. The molecule has 2 aliphatic heterocycles. The smallest absolute Gasteiger partial charge is 0.243 e. The Labute approximate surface area is 168 Å². The zero-order valence-corrected chi connectivity index (χ0v) is 17.5. The van der Waals surface area contributed by atoms with Gasteiger partial charge in [-0.1, -0.05) is 22.4 Å². The van der Waals surface area contributed by atoms with E-state index in [1.807, 2.05) is 0 Å². The molecule has 2 saturated heterocycles. The van der Waals surface area contributed by atoms with E-state index in [1.165, 1.54) is 16.4 Å². The van der Waals surface area contributed by atoms with Crippen LogP contribution in [0.15, 0.2) is 33.6 Å². The van der Waals surface area contributed by atoms with E-state index < -0.39 is 22.0 Å². The molecule has 27 heavy (non-hydrogen) atoms. The summed E-state index contributed by atoms with van der Waals surface area (Å²) >= 11 is 3.30. The van der Waals surface area contributed by atoms with Gasteiger partial charge in [0, 0.05) is 24.1 Å². The maximum Gasteiger partial charge on any atom is 0.243 e. The molecular weight excluding hydrogens is 434 g/mol. The summed E-state index contributed by atoms with van der Waals surface area (Å²) in [6.07, 6.45) is 3.93. The normalized spacial score (nSPS) is 21.2. The van der Waals surface area contributed by atoms with Crippen LogP contribution in [0.1, 0.15) is 32.1 Å². The number of nitrogens with one attached hydrogen (secondary N) is 1. The molecule has 0 radical (unpaired) electrons. The summed E-state index contributed by atoms with van der Waals surface area (Å²) in [5.74, 6) is -0.512. The van der Waals surface area contributed by atoms with Crippen LogP contribution in [-0.4, -0.2) is 61.7 Å². The predicted molar refractivity (Wildman–Crippen MR) is 104 cm³/mol. The molecule has 2 amide bonds. The van der Waals surface area contributed by atoms with Crippen molar-refractivity contribution in [1.29, 1.82) is 0 Å². The number of halogens is 1. The van der Waals surface area contributed by atoms with E-state index >= 15 is 0 Å². The molecule has 0 bridgehead atoms. The molecule has 1 N–H and O–H groups in total. The van der Waals surface area contributed by atoms with Gasteiger partial charge in [0.05, 0.1) is 11.4 Å². The first-order chi connectivity index (χ1) is 12.9. The van der Waals surface area contributed by atoms with Gasteiger partial charge in [0.25, 0.3) is 0 Å². The Balaban J connectivity index is 1.69. The average Bonchev–Trinajstić information content (AvgIpc) is 3.21. The third kappa shape index (κ3) is 4.70. The van der Waals surface area contributed by atoms with Crippen LogP contribution in [-0.2, 0) is 19.6 Å². The van der Waals surface area contributed by atoms with Crippen molar-refractivity contribution in [3.05, 3.63) is 28.7 Å². The van der Waals surface area contributed by atoms with Crippen LogP contribution in [0.25, 0.3) is 0 Å². The number of hydrogen-bond donors (Lipinski definition) is 1. The van der Waals surface area contributed by atoms with E-state index in [4.69, 9.17) is 0 Å². The Hall–Kier alpha value is -1.45. The quantitative estimate of drug-likeness (QED) is 0.728. The SMILES string of the molecule is O=C(NCC(=O)N1CCCC1)C1CCCCN1S(=O)(=O)c1ccc(Br)cc1. The Morgan fingerprint density at radius 1 is 1.04 bits per heavy atom. The number of carbonyl (C=O) groups excluding carboxylic acids is 2. The van der Waals surface area contributed by atoms with E-state index in [-0.39, 0.29) is 17.3 Å². The molecule has 1 aromatic carbocycles. The minimum atomic E-state index is -3.77. The summed E-state index contributed by atoms with van der Waals surface area (Å²) in [7, 11) is -3.77. The summed E-state index contributed by atoms with van der Waals surface area (Å²) in [6, 6.07) is 5.61. The molecule has 2 heterocycles. The molecule has 2 aliphatic rings. The molecule has 0 aromatic heterocycles. The standard InChI is InChI=1S/C18H24BrN3O4S/c19-14-6-8-15(9-7-14)27(25,26)22-12-2-1-5-16(22)18(24)20-13-17(23)21-10-3-4-11-21/h6-9,16H,1-5,10-13H2,(H,20,24). The molecule has 148 valence electrons. The number of piperidine rings is 1. The number of likely N-dealkylation sites (tertiary alicyclic amines) is 1. The first-order valence-corrected chi connectivity index (χ1v) is 11.5. The molecule has 1 aromatic rings. The van der Waals surface area contributed by atoms with Crippen molar-refractivity contribution < 1.29 is 18.0 Å². The lowest BCUT2D eigenvalue weighted by Crippen LogP contribution is -2.53. The zero-order chi connectivity index (χ0) is 19.4. The van der Waals surface area contributed by atoms with Crippen LogP contribution < -0.4 is 5.32 Å². The van der Waals surface area contributed by atoms with Gasteiger partial charge in [-0.25, -0.2) is 8.42 Å². The summed E-state index contributed by atoms with van der Waals surface area (Å²) < 4.78 is 28.1. The van der Waals surface area contributed by atoms with Gasteiger partial charge < -0.3 is 10.2 Å². The Morgan fingerprint density at radius 2 is 1.67 bits per heavy atom. The fourth-order valence-electron chi connectivity index (χ4n) is 3.56. The number of amides is 2. The third-order valence-electron chi connectivity index (χ3n) is 5.05. The van der Waals surface area contributed by atoms with E-state index in [2.05, 4.69) is 21.2 Å². The summed E-state index contributed by atoms with van der Waals surface area (Å²) in [6.45, 7) is 1.67. The van der Waals surface area contributed by atoms with Gasteiger partial charge in [0.1, 0.15) is 6.04 Å². The van der Waals surface area contributed by atoms with Gasteiger partial charge in [-0.15, -0.1) is 0 Å². The molecule has 0 spiro atoms. The van der Waals surface area contributed by atoms with Crippen LogP contribution in [0, 0.1) is 0 Å². The van der Waals surface area contributed by atoms with E-state index in [0.717, 1.165) is 36.8 Å². The van der Waals surface area contributed by atoms with Crippen LogP contribution in [0.5, 0.6) is 0 Å². The maximum absolute atomic E-state index is 13.0. The van der Waals surface area contributed by atoms with Crippen molar-refractivity contribution in [3.8, 4) is 0 Å². The third-order valence-corrected chi connectivity index (χ3v) is 7.50. The van der Waals surface area contributed by atoms with Gasteiger partial charge in [0.15, 0.2) is 0 Å². The Bertz CT molecular complexity index is 791. The largest absolute Gasteiger partial charge is 0.346 e. The molecule has 9 heteroatoms. The first-order valence-electron chi connectivity index (χ1n) is 9.22. The molecule has 7 nitrogen and oxygen atoms in total. The molecule has 1 unspecified atom stereocenters. The van der Waals surface area contributed by atoms with Gasteiger partial charge >= 0.3 is 0 Å². The second-order valence-corrected chi connectivity index (χ2v) is 9.69. The number of rotatable bonds is 5. The van der Waals surface area contributed by atoms with Gasteiger partial charge in [-0.2, -0.15) is 4.31 Å². The second kappa shape index (κ2) is 8.70. The van der Waals surface area contributed by atoms with E-state index in [9.17, 15) is 18.0 Å². The highest BCUT2D eigenvalue weighted by Gasteiger charge is 2.37. The minimum Gasteiger partial charge on any atom is -0.346 e. The van der Waals surface area contributed by atoms with Crippen molar-refractivity contribution >= 4 is 37.8 Å². The van der Waals surface area contributed by atoms with Crippen LogP contribution in [0.3, 0.4) is 0 Å². The highest BCUT2D eigenvalue weighted by molar-refractivity contribution is 9.10. The van der Waals surface area contributed by atoms with Crippen molar-refractivity contribution in [2.45, 2.75) is 43.0 Å². The highest BCUT2D eigenvalue weighted by atomic mass is 79.9. The molecular formula is C18H24BrN3O4S. The van der Waals surface area contributed by atoms with E-state index in [0.29, 0.717) is 19.4 Å². The molecule has 0 saturated carbocycles. The van der Waals surface area contributed by atoms with Gasteiger partial charge in [0.2, 0.25) is 21.8 Å². The Kier molecular flexibility index (Phi) is 6.54. The summed E-state index contributed by atoms with van der Waals surface area (Å²) in [5, 5.41) is 2.65. The van der Waals surface area contributed by atoms with Crippen molar-refractivity contribution in [2.75, 3.05) is 26.2 Å². The highest BCUT2D eigenvalue weighted by Crippen LogP contribution is 2.26. The zero-order valence-electron chi connectivity index (χ0n) is 15.1. The predicted octanol–water partition coefficient (Wildman–Crippen LogP) is 1.73. The second-order valence-electron chi connectivity index (χ2n) is 6.89. The van der Waals surface area contributed by atoms with Crippen molar-refractivity contribution in [3.63, 3.8) is 0 Å². The maximum atomic E-state index is 13.0. The number of carbonyl (C=O) groups is 2. The fraction of sp³-hybridized carbons (Fsp3) is 0.556. The molecule has 1 atom stereocenters. The van der Waals surface area contributed by atoms with Crippen molar-refractivity contribution in [2.24, 2.45) is 0 Å². The molecule has 3 rings (SSSR count).